The summed E-state index contributed by atoms with van der Waals surface area (Å²) in [6.07, 6.45) is 0.951. The summed E-state index contributed by atoms with van der Waals surface area (Å²) in [5.74, 6) is -0.550. The lowest BCUT2D eigenvalue weighted by Crippen LogP contribution is -2.12. The normalized spacial score (nSPS) is 10.9. The van der Waals surface area contributed by atoms with Crippen LogP contribution in [-0.4, -0.2) is 25.8 Å². The number of nitro groups is 1. The van der Waals surface area contributed by atoms with Gasteiger partial charge in [0.15, 0.2) is 0 Å². The van der Waals surface area contributed by atoms with Crippen LogP contribution in [0.1, 0.15) is 22.8 Å². The standard InChI is InChI=1S/C21H16ClN5O3/c1-2-13-3-6-15(7-4-13)26-24-19-10-5-14(11-20(19)25-26)23-21(28)17-12-16(27(29)30)8-9-18(17)22/h3-12H,2H2,1H3,(H,23,28). The van der Waals surface area contributed by atoms with Gasteiger partial charge in [-0.3, -0.25) is 14.9 Å². The highest BCUT2D eigenvalue weighted by Gasteiger charge is 2.16. The van der Waals surface area contributed by atoms with Gasteiger partial charge in [0.1, 0.15) is 11.0 Å². The molecule has 0 saturated carbocycles. The second-order valence-corrected chi connectivity index (χ2v) is 7.00. The zero-order valence-electron chi connectivity index (χ0n) is 15.9. The van der Waals surface area contributed by atoms with Gasteiger partial charge in [-0.2, -0.15) is 4.80 Å². The number of nitrogens with one attached hydrogen (secondary N) is 1. The molecule has 1 amide bonds. The van der Waals surface area contributed by atoms with Gasteiger partial charge in [-0.25, -0.2) is 0 Å². The van der Waals surface area contributed by atoms with Crippen LogP contribution < -0.4 is 5.32 Å². The Balaban J connectivity index is 1.60. The molecule has 30 heavy (non-hydrogen) atoms. The van der Waals surface area contributed by atoms with Gasteiger partial charge in [0, 0.05) is 17.8 Å². The SMILES string of the molecule is CCc1ccc(-n2nc3ccc(NC(=O)c4cc([N+](=O)[O-])ccc4Cl)cc3n2)cc1. The quantitative estimate of drug-likeness (QED) is 0.368. The number of benzene rings is 3. The Morgan fingerprint density at radius 3 is 2.50 bits per heavy atom. The number of carbonyl (C=O) groups is 1. The number of aryl methyl sites for hydroxylation is 1. The highest BCUT2D eigenvalue weighted by molar-refractivity contribution is 6.34. The molecule has 0 fully saturated rings. The molecular formula is C21H16ClN5O3. The average molecular weight is 422 g/mol. The minimum absolute atomic E-state index is 0.0191. The molecule has 8 nitrogen and oxygen atoms in total. The van der Waals surface area contributed by atoms with Crippen LogP contribution >= 0.6 is 11.6 Å². The molecule has 1 N–H and O–H groups in total. The van der Waals surface area contributed by atoms with Crippen molar-refractivity contribution in [2.75, 3.05) is 5.32 Å². The Hall–Kier alpha value is -3.78. The van der Waals surface area contributed by atoms with Gasteiger partial charge in [0.2, 0.25) is 0 Å². The molecule has 4 aromatic rings. The number of carbonyl (C=O) groups excluding carboxylic acids is 1. The first-order valence-electron chi connectivity index (χ1n) is 9.16. The molecular weight excluding hydrogens is 406 g/mol. The van der Waals surface area contributed by atoms with Crippen molar-refractivity contribution in [3.63, 3.8) is 0 Å². The predicted molar refractivity (Wildman–Crippen MR) is 114 cm³/mol. The summed E-state index contributed by atoms with van der Waals surface area (Å²) in [6.45, 7) is 2.09. The van der Waals surface area contributed by atoms with Gasteiger partial charge >= 0.3 is 0 Å². The monoisotopic (exact) mass is 421 g/mol. The van der Waals surface area contributed by atoms with E-state index in [9.17, 15) is 14.9 Å². The van der Waals surface area contributed by atoms with Crippen molar-refractivity contribution in [2.24, 2.45) is 0 Å². The lowest BCUT2D eigenvalue weighted by atomic mass is 10.1. The van der Waals surface area contributed by atoms with Crippen LogP contribution in [0, 0.1) is 10.1 Å². The number of nitrogens with zero attached hydrogens (tertiary/aromatic N) is 4. The van der Waals surface area contributed by atoms with Crippen LogP contribution in [0.4, 0.5) is 11.4 Å². The summed E-state index contributed by atoms with van der Waals surface area (Å²) >= 11 is 6.04. The van der Waals surface area contributed by atoms with Crippen LogP contribution in [0.3, 0.4) is 0 Å². The van der Waals surface area contributed by atoms with E-state index in [1.807, 2.05) is 24.3 Å². The molecule has 0 saturated heterocycles. The number of hydrogen-bond donors (Lipinski definition) is 1. The molecule has 0 aliphatic heterocycles. The number of anilines is 1. The van der Waals surface area contributed by atoms with Crippen molar-refractivity contribution >= 4 is 39.9 Å². The first-order chi connectivity index (χ1) is 14.4. The molecule has 150 valence electrons. The lowest BCUT2D eigenvalue weighted by molar-refractivity contribution is -0.384. The van der Waals surface area contributed by atoms with E-state index in [1.165, 1.54) is 22.5 Å². The average Bonchev–Trinajstić information content (AvgIpc) is 3.17. The maximum Gasteiger partial charge on any atom is 0.270 e. The van der Waals surface area contributed by atoms with E-state index in [2.05, 4.69) is 22.4 Å². The minimum Gasteiger partial charge on any atom is -0.322 e. The zero-order chi connectivity index (χ0) is 21.3. The third-order valence-electron chi connectivity index (χ3n) is 4.62. The smallest absolute Gasteiger partial charge is 0.270 e. The number of nitro benzene ring substituents is 1. The van der Waals surface area contributed by atoms with E-state index >= 15 is 0 Å². The number of halogens is 1. The van der Waals surface area contributed by atoms with Crippen molar-refractivity contribution in [1.82, 2.24) is 15.0 Å². The third-order valence-corrected chi connectivity index (χ3v) is 4.95. The molecule has 1 aromatic heterocycles. The fourth-order valence-corrected chi connectivity index (χ4v) is 3.18. The molecule has 4 rings (SSSR count). The fraction of sp³-hybridized carbons (Fsp3) is 0.0952. The van der Waals surface area contributed by atoms with E-state index in [-0.39, 0.29) is 16.3 Å². The van der Waals surface area contributed by atoms with Crippen molar-refractivity contribution in [3.8, 4) is 5.69 Å². The highest BCUT2D eigenvalue weighted by Crippen LogP contribution is 2.24. The highest BCUT2D eigenvalue weighted by atomic mass is 35.5. The van der Waals surface area contributed by atoms with Crippen LogP contribution in [0.5, 0.6) is 0 Å². The van der Waals surface area contributed by atoms with Gasteiger partial charge in [-0.15, -0.1) is 10.2 Å². The Kier molecular flexibility index (Phi) is 5.16. The molecule has 0 radical (unpaired) electrons. The van der Waals surface area contributed by atoms with E-state index in [1.54, 1.807) is 18.2 Å². The minimum atomic E-state index is -0.579. The maximum absolute atomic E-state index is 12.6. The van der Waals surface area contributed by atoms with Crippen LogP contribution in [0.2, 0.25) is 5.02 Å². The molecule has 1 heterocycles. The van der Waals surface area contributed by atoms with E-state index < -0.39 is 10.8 Å². The Bertz CT molecular complexity index is 1270. The third kappa shape index (κ3) is 3.85. The first-order valence-corrected chi connectivity index (χ1v) is 9.54. The fourth-order valence-electron chi connectivity index (χ4n) is 2.97. The van der Waals surface area contributed by atoms with Gasteiger partial charge in [-0.1, -0.05) is 30.7 Å². The van der Waals surface area contributed by atoms with Crippen molar-refractivity contribution in [2.45, 2.75) is 13.3 Å². The van der Waals surface area contributed by atoms with Gasteiger partial charge in [-0.05, 0) is 48.4 Å². The maximum atomic E-state index is 12.6. The van der Waals surface area contributed by atoms with E-state index in [0.717, 1.165) is 18.2 Å². The summed E-state index contributed by atoms with van der Waals surface area (Å²) in [5, 5.41) is 22.7. The molecule has 0 bridgehead atoms. The second-order valence-electron chi connectivity index (χ2n) is 6.59. The van der Waals surface area contributed by atoms with Gasteiger partial charge in [0.05, 0.1) is 21.2 Å². The van der Waals surface area contributed by atoms with Gasteiger partial charge < -0.3 is 5.32 Å². The number of amides is 1. The summed E-state index contributed by atoms with van der Waals surface area (Å²) in [6, 6.07) is 16.8. The first kappa shape index (κ1) is 19.5. The van der Waals surface area contributed by atoms with Crippen LogP contribution in [0.25, 0.3) is 16.7 Å². The molecule has 0 atom stereocenters. The molecule has 9 heteroatoms. The number of rotatable bonds is 5. The zero-order valence-corrected chi connectivity index (χ0v) is 16.6. The Morgan fingerprint density at radius 1 is 1.07 bits per heavy atom. The Morgan fingerprint density at radius 2 is 1.80 bits per heavy atom. The van der Waals surface area contributed by atoms with E-state index in [4.69, 9.17) is 11.6 Å². The predicted octanol–water partition coefficient (Wildman–Crippen LogP) is 4.80. The summed E-state index contributed by atoms with van der Waals surface area (Å²) in [7, 11) is 0. The summed E-state index contributed by atoms with van der Waals surface area (Å²) in [5.41, 5.74) is 3.60. The molecule has 3 aromatic carbocycles. The Labute approximate surface area is 176 Å². The number of hydrogen-bond acceptors (Lipinski definition) is 5. The molecule has 0 spiro atoms. The molecule has 0 aliphatic carbocycles. The van der Waals surface area contributed by atoms with Crippen molar-refractivity contribution in [3.05, 3.63) is 86.9 Å². The van der Waals surface area contributed by atoms with Crippen molar-refractivity contribution < 1.29 is 9.72 Å². The molecule has 0 unspecified atom stereocenters. The number of fused-ring (bicyclic) bond motifs is 1. The lowest BCUT2D eigenvalue weighted by Gasteiger charge is -2.06. The van der Waals surface area contributed by atoms with Crippen molar-refractivity contribution in [1.29, 1.82) is 0 Å². The summed E-state index contributed by atoms with van der Waals surface area (Å²) in [4.78, 5) is 24.5. The largest absolute Gasteiger partial charge is 0.322 e. The number of aromatic nitrogens is 3. The van der Waals surface area contributed by atoms with Crippen LogP contribution in [0.15, 0.2) is 60.7 Å². The topological polar surface area (TPSA) is 103 Å². The molecule has 0 aliphatic rings. The van der Waals surface area contributed by atoms with E-state index in [0.29, 0.717) is 16.7 Å². The van der Waals surface area contributed by atoms with Gasteiger partial charge in [0.25, 0.3) is 11.6 Å². The summed E-state index contributed by atoms with van der Waals surface area (Å²) < 4.78 is 0. The number of non-ortho nitro benzene ring substituents is 1. The van der Waals surface area contributed by atoms with Crippen LogP contribution in [-0.2, 0) is 6.42 Å². The second kappa shape index (κ2) is 7.92.